The minimum Gasteiger partial charge on any atom is -0.278 e. The van der Waals surface area contributed by atoms with E-state index in [-0.39, 0.29) is 0 Å². The molecule has 0 radical (unpaired) electrons. The highest BCUT2D eigenvalue weighted by molar-refractivity contribution is 9.10. The molecule has 0 unspecified atom stereocenters. The van der Waals surface area contributed by atoms with Gasteiger partial charge in [0.05, 0.1) is 5.69 Å². The maximum Gasteiger partial charge on any atom is 0.184 e. The molecule has 14 heavy (non-hydrogen) atoms. The van der Waals surface area contributed by atoms with Gasteiger partial charge in [-0.3, -0.25) is 4.90 Å². The smallest absolute Gasteiger partial charge is 0.184 e. The molecule has 1 spiro atoms. The molecular weight excluding hydrogens is 240 g/mol. The van der Waals surface area contributed by atoms with Gasteiger partial charge in [-0.2, -0.15) is 5.26 Å². The standard InChI is InChI=1S/C11H9BrN2/c12-8-1-2-10-9(5-8)11(3-4-11)6-14(10)7-13/h1-2,5H,3-4,6H2. The zero-order chi connectivity index (χ0) is 9.76. The van der Waals surface area contributed by atoms with Gasteiger partial charge in [-0.1, -0.05) is 15.9 Å². The van der Waals surface area contributed by atoms with Gasteiger partial charge in [-0.15, -0.1) is 0 Å². The van der Waals surface area contributed by atoms with E-state index in [1.165, 1.54) is 18.4 Å². The molecule has 1 aliphatic heterocycles. The molecule has 0 N–H and O–H groups in total. The van der Waals surface area contributed by atoms with Gasteiger partial charge in [0.1, 0.15) is 0 Å². The van der Waals surface area contributed by atoms with E-state index in [1.54, 1.807) is 0 Å². The van der Waals surface area contributed by atoms with Crippen molar-refractivity contribution in [2.75, 3.05) is 11.4 Å². The molecule has 1 aromatic carbocycles. The van der Waals surface area contributed by atoms with Crippen LogP contribution in [0.2, 0.25) is 0 Å². The highest BCUT2D eigenvalue weighted by Crippen LogP contribution is 2.56. The Hall–Kier alpha value is -1.01. The second kappa shape index (κ2) is 2.52. The first-order valence-electron chi connectivity index (χ1n) is 4.72. The Morgan fingerprint density at radius 1 is 1.43 bits per heavy atom. The number of anilines is 1. The maximum absolute atomic E-state index is 9.01. The van der Waals surface area contributed by atoms with Gasteiger partial charge in [0.2, 0.25) is 0 Å². The van der Waals surface area contributed by atoms with Gasteiger partial charge in [0.25, 0.3) is 0 Å². The molecule has 0 bridgehead atoms. The van der Waals surface area contributed by atoms with E-state index in [2.05, 4.69) is 28.2 Å². The third kappa shape index (κ3) is 0.949. The van der Waals surface area contributed by atoms with Crippen molar-refractivity contribution >= 4 is 21.6 Å². The topological polar surface area (TPSA) is 27.0 Å². The van der Waals surface area contributed by atoms with E-state index >= 15 is 0 Å². The summed E-state index contributed by atoms with van der Waals surface area (Å²) in [7, 11) is 0. The zero-order valence-corrected chi connectivity index (χ0v) is 9.21. The lowest BCUT2D eigenvalue weighted by Gasteiger charge is -2.06. The van der Waals surface area contributed by atoms with Gasteiger partial charge >= 0.3 is 0 Å². The molecule has 1 aliphatic carbocycles. The number of fused-ring (bicyclic) bond motifs is 2. The van der Waals surface area contributed by atoms with Gasteiger partial charge in [-0.05, 0) is 36.6 Å². The summed E-state index contributed by atoms with van der Waals surface area (Å²) in [6.07, 6.45) is 4.71. The summed E-state index contributed by atoms with van der Waals surface area (Å²) in [5.74, 6) is 0. The van der Waals surface area contributed by atoms with Crippen molar-refractivity contribution in [3.05, 3.63) is 28.2 Å². The first-order valence-corrected chi connectivity index (χ1v) is 5.52. The van der Waals surface area contributed by atoms with Crippen LogP contribution in [0.15, 0.2) is 22.7 Å². The van der Waals surface area contributed by atoms with Crippen LogP contribution in [0.5, 0.6) is 0 Å². The Bertz CT molecular complexity index is 443. The van der Waals surface area contributed by atoms with Gasteiger partial charge < -0.3 is 0 Å². The minimum atomic E-state index is 0.314. The van der Waals surface area contributed by atoms with Crippen LogP contribution in [-0.4, -0.2) is 6.54 Å². The van der Waals surface area contributed by atoms with E-state index in [0.717, 1.165) is 16.7 Å². The number of rotatable bonds is 0. The molecule has 0 amide bonds. The maximum atomic E-state index is 9.01. The summed E-state index contributed by atoms with van der Waals surface area (Å²) >= 11 is 3.48. The number of hydrogen-bond acceptors (Lipinski definition) is 2. The van der Waals surface area contributed by atoms with E-state index < -0.39 is 0 Å². The lowest BCUT2D eigenvalue weighted by molar-refractivity contribution is 0.745. The number of halogens is 1. The highest BCUT2D eigenvalue weighted by atomic mass is 79.9. The van der Waals surface area contributed by atoms with Crippen LogP contribution in [-0.2, 0) is 5.41 Å². The fourth-order valence-electron chi connectivity index (χ4n) is 2.31. The Morgan fingerprint density at radius 2 is 2.21 bits per heavy atom. The van der Waals surface area contributed by atoms with Gasteiger partial charge in [-0.25, -0.2) is 0 Å². The summed E-state index contributed by atoms with van der Waals surface area (Å²) < 4.78 is 1.11. The van der Waals surface area contributed by atoms with Crippen molar-refractivity contribution in [3.63, 3.8) is 0 Å². The molecule has 2 nitrogen and oxygen atoms in total. The highest BCUT2D eigenvalue weighted by Gasteiger charge is 2.51. The Kier molecular flexibility index (Phi) is 1.49. The van der Waals surface area contributed by atoms with Crippen molar-refractivity contribution in [3.8, 4) is 6.19 Å². The van der Waals surface area contributed by atoms with Crippen LogP contribution in [0, 0.1) is 11.5 Å². The normalized spacial score (nSPS) is 20.7. The molecule has 1 aromatic rings. The van der Waals surface area contributed by atoms with Crippen LogP contribution in [0.25, 0.3) is 0 Å². The van der Waals surface area contributed by atoms with Crippen molar-refractivity contribution < 1.29 is 0 Å². The molecule has 1 saturated carbocycles. The average Bonchev–Trinajstić information content (AvgIpc) is 2.88. The van der Waals surface area contributed by atoms with Crippen LogP contribution in [0.4, 0.5) is 5.69 Å². The summed E-state index contributed by atoms with van der Waals surface area (Å²) in [5, 5.41) is 9.01. The first kappa shape index (κ1) is 8.31. The Balaban J connectivity index is 2.20. The molecule has 2 aliphatic rings. The molecule has 70 valence electrons. The molecule has 0 saturated heterocycles. The average molecular weight is 249 g/mol. The molecule has 1 fully saturated rings. The van der Waals surface area contributed by atoms with Crippen LogP contribution in [0.1, 0.15) is 18.4 Å². The van der Waals surface area contributed by atoms with Crippen molar-refractivity contribution in [1.82, 2.24) is 0 Å². The van der Waals surface area contributed by atoms with E-state index in [1.807, 2.05) is 17.0 Å². The SMILES string of the molecule is N#CN1CC2(CC2)c2cc(Br)ccc21. The molecule has 3 heteroatoms. The van der Waals surface area contributed by atoms with Crippen LogP contribution >= 0.6 is 15.9 Å². The predicted octanol–water partition coefficient (Wildman–Crippen LogP) is 2.78. The van der Waals surface area contributed by atoms with Gasteiger partial charge in [0.15, 0.2) is 6.19 Å². The number of nitriles is 1. The monoisotopic (exact) mass is 248 g/mol. The third-order valence-electron chi connectivity index (χ3n) is 3.26. The summed E-state index contributed by atoms with van der Waals surface area (Å²) in [4.78, 5) is 1.81. The lowest BCUT2D eigenvalue weighted by Crippen LogP contribution is -2.18. The van der Waals surface area contributed by atoms with Crippen molar-refractivity contribution in [2.45, 2.75) is 18.3 Å². The summed E-state index contributed by atoms with van der Waals surface area (Å²) in [6, 6.07) is 6.21. The van der Waals surface area contributed by atoms with Crippen LogP contribution in [0.3, 0.4) is 0 Å². The second-order valence-corrected chi connectivity index (χ2v) is 5.04. The molecular formula is C11H9BrN2. The second-order valence-electron chi connectivity index (χ2n) is 4.13. The van der Waals surface area contributed by atoms with E-state index in [9.17, 15) is 0 Å². The number of benzene rings is 1. The first-order chi connectivity index (χ1) is 6.75. The predicted molar refractivity (Wildman–Crippen MR) is 58.0 cm³/mol. The largest absolute Gasteiger partial charge is 0.278 e. The fraction of sp³-hybridized carbons (Fsp3) is 0.364. The molecule has 0 atom stereocenters. The van der Waals surface area contributed by atoms with E-state index in [0.29, 0.717) is 5.41 Å². The van der Waals surface area contributed by atoms with Crippen molar-refractivity contribution in [2.24, 2.45) is 0 Å². The Morgan fingerprint density at radius 3 is 2.86 bits per heavy atom. The zero-order valence-electron chi connectivity index (χ0n) is 7.63. The molecule has 3 rings (SSSR count). The number of nitrogens with zero attached hydrogens (tertiary/aromatic N) is 2. The number of hydrogen-bond donors (Lipinski definition) is 0. The molecule has 0 aromatic heterocycles. The van der Waals surface area contributed by atoms with Crippen molar-refractivity contribution in [1.29, 1.82) is 5.26 Å². The quantitative estimate of drug-likeness (QED) is 0.661. The minimum absolute atomic E-state index is 0.314. The van der Waals surface area contributed by atoms with Gasteiger partial charge in [0, 0.05) is 16.4 Å². The van der Waals surface area contributed by atoms with Crippen LogP contribution < -0.4 is 4.90 Å². The fourth-order valence-corrected chi connectivity index (χ4v) is 2.67. The third-order valence-corrected chi connectivity index (χ3v) is 3.75. The molecule has 1 heterocycles. The lowest BCUT2D eigenvalue weighted by atomic mass is 9.99. The Labute approximate surface area is 91.3 Å². The summed E-state index contributed by atoms with van der Waals surface area (Å²) in [5.41, 5.74) is 2.77. The summed E-state index contributed by atoms with van der Waals surface area (Å²) in [6.45, 7) is 0.884. The van der Waals surface area contributed by atoms with E-state index in [4.69, 9.17) is 5.26 Å².